The maximum atomic E-state index is 12.3. The fourth-order valence-electron chi connectivity index (χ4n) is 3.32. The number of unbranched alkanes of at least 4 members (excludes halogenated alkanes) is 7. The van der Waals surface area contributed by atoms with Crippen LogP contribution in [0.4, 0.5) is 0 Å². The molecule has 1 rings (SSSR count). The average molecular weight is 327 g/mol. The van der Waals surface area contributed by atoms with Crippen molar-refractivity contribution in [3.63, 3.8) is 0 Å². The van der Waals surface area contributed by atoms with E-state index in [0.717, 1.165) is 39.2 Å². The van der Waals surface area contributed by atoms with Crippen LogP contribution in [-0.4, -0.2) is 50.7 Å². The molecule has 0 bridgehead atoms. The van der Waals surface area contributed by atoms with Crippen LogP contribution in [0.25, 0.3) is 0 Å². The van der Waals surface area contributed by atoms with Crippen LogP contribution in [0.2, 0.25) is 0 Å². The highest BCUT2D eigenvalue weighted by molar-refractivity contribution is 5.83. The van der Waals surface area contributed by atoms with E-state index in [4.69, 9.17) is 4.74 Å². The minimum absolute atomic E-state index is 0.146. The van der Waals surface area contributed by atoms with Gasteiger partial charge in [-0.1, -0.05) is 45.4 Å². The minimum Gasteiger partial charge on any atom is -0.385 e. The van der Waals surface area contributed by atoms with Gasteiger partial charge in [-0.2, -0.15) is 0 Å². The molecule has 1 heterocycles. The van der Waals surface area contributed by atoms with E-state index in [1.807, 2.05) is 0 Å². The molecule has 0 aromatic rings. The van der Waals surface area contributed by atoms with E-state index in [-0.39, 0.29) is 11.3 Å². The van der Waals surface area contributed by atoms with Gasteiger partial charge in [0.25, 0.3) is 0 Å². The minimum atomic E-state index is -0.146. The number of amides is 1. The molecule has 4 heteroatoms. The summed E-state index contributed by atoms with van der Waals surface area (Å²) >= 11 is 0. The van der Waals surface area contributed by atoms with Gasteiger partial charge in [-0.05, 0) is 32.7 Å². The van der Waals surface area contributed by atoms with Crippen molar-refractivity contribution >= 4 is 5.91 Å². The first-order chi connectivity index (χ1) is 11.1. The molecule has 1 saturated heterocycles. The van der Waals surface area contributed by atoms with Gasteiger partial charge < -0.3 is 15.0 Å². The summed E-state index contributed by atoms with van der Waals surface area (Å²) in [6, 6.07) is 0. The molecule has 0 aromatic heterocycles. The molecule has 1 amide bonds. The summed E-state index contributed by atoms with van der Waals surface area (Å²) in [5.41, 5.74) is -0.146. The van der Waals surface area contributed by atoms with Crippen molar-refractivity contribution in [2.45, 2.75) is 71.6 Å². The molecule has 0 unspecified atom stereocenters. The Bertz CT molecular complexity index is 314. The molecule has 1 N–H and O–H groups in total. The Morgan fingerprint density at radius 2 is 1.70 bits per heavy atom. The van der Waals surface area contributed by atoms with E-state index >= 15 is 0 Å². The summed E-state index contributed by atoms with van der Waals surface area (Å²) < 4.78 is 5.05. The molecule has 0 spiro atoms. The number of hydrogen-bond acceptors (Lipinski definition) is 3. The van der Waals surface area contributed by atoms with E-state index < -0.39 is 0 Å². The van der Waals surface area contributed by atoms with Crippen LogP contribution in [0.1, 0.15) is 71.6 Å². The number of nitrogens with one attached hydrogen (secondary N) is 1. The Balaban J connectivity index is 1.96. The fraction of sp³-hybridized carbons (Fsp3) is 0.947. The Morgan fingerprint density at radius 3 is 2.35 bits per heavy atom. The summed E-state index contributed by atoms with van der Waals surface area (Å²) in [5.74, 6) is 0.254. The lowest BCUT2D eigenvalue weighted by atomic mass is 9.80. The molecule has 0 saturated carbocycles. The third-order valence-electron chi connectivity index (χ3n) is 4.83. The third-order valence-corrected chi connectivity index (χ3v) is 4.83. The Labute approximate surface area is 143 Å². The van der Waals surface area contributed by atoms with Crippen LogP contribution in [0.15, 0.2) is 0 Å². The largest absolute Gasteiger partial charge is 0.385 e. The van der Waals surface area contributed by atoms with Crippen LogP contribution < -0.4 is 5.32 Å². The van der Waals surface area contributed by atoms with Gasteiger partial charge in [0.05, 0.1) is 5.41 Å². The van der Waals surface area contributed by atoms with Gasteiger partial charge in [0.1, 0.15) is 0 Å². The van der Waals surface area contributed by atoms with Crippen molar-refractivity contribution in [3.05, 3.63) is 0 Å². The molecule has 1 aliphatic heterocycles. The number of hydrogen-bond donors (Lipinski definition) is 1. The van der Waals surface area contributed by atoms with Gasteiger partial charge in [-0.3, -0.25) is 4.79 Å². The first-order valence-corrected chi connectivity index (χ1v) is 9.62. The second kappa shape index (κ2) is 11.9. The van der Waals surface area contributed by atoms with Crippen molar-refractivity contribution in [2.75, 3.05) is 39.9 Å². The van der Waals surface area contributed by atoms with Gasteiger partial charge in [-0.15, -0.1) is 0 Å². The average Bonchev–Trinajstić information content (AvgIpc) is 2.51. The predicted octanol–water partition coefficient (Wildman–Crippen LogP) is 3.60. The van der Waals surface area contributed by atoms with Crippen LogP contribution in [0.3, 0.4) is 0 Å². The maximum absolute atomic E-state index is 12.3. The smallest absolute Gasteiger partial charge is 0.228 e. The van der Waals surface area contributed by atoms with Gasteiger partial charge >= 0.3 is 0 Å². The topological polar surface area (TPSA) is 41.6 Å². The molecule has 136 valence electrons. The molecule has 23 heavy (non-hydrogen) atoms. The first kappa shape index (κ1) is 20.4. The molecule has 0 aliphatic carbocycles. The Kier molecular flexibility index (Phi) is 10.5. The lowest BCUT2D eigenvalue weighted by molar-refractivity contribution is -0.139. The number of carbonyl (C=O) groups excluding carboxylic acids is 1. The zero-order valence-corrected chi connectivity index (χ0v) is 15.7. The molecular weight excluding hydrogens is 288 g/mol. The van der Waals surface area contributed by atoms with Crippen molar-refractivity contribution in [3.8, 4) is 0 Å². The molecule has 0 aromatic carbocycles. The van der Waals surface area contributed by atoms with Crippen LogP contribution in [-0.2, 0) is 9.53 Å². The summed E-state index contributed by atoms with van der Waals surface area (Å²) in [7, 11) is 1.76. The standard InChI is InChI=1S/C19H38N2O2/c1-4-5-11-14-21-16-19(2,17-21)18(22)20-13-10-8-6-7-9-12-15-23-3/h4-17H2,1-3H3,(H,20,22). The van der Waals surface area contributed by atoms with E-state index in [2.05, 4.69) is 24.1 Å². The SMILES string of the molecule is CCCCCN1CC(C)(C(=O)NCCCCCCCCOC)C1. The Morgan fingerprint density at radius 1 is 1.04 bits per heavy atom. The lowest BCUT2D eigenvalue weighted by Crippen LogP contribution is -2.61. The van der Waals surface area contributed by atoms with Crippen LogP contribution in [0.5, 0.6) is 0 Å². The molecule has 1 aliphatic rings. The highest BCUT2D eigenvalue weighted by atomic mass is 16.5. The molecule has 0 atom stereocenters. The van der Waals surface area contributed by atoms with Crippen molar-refractivity contribution < 1.29 is 9.53 Å². The van der Waals surface area contributed by atoms with E-state index in [1.165, 1.54) is 51.4 Å². The van der Waals surface area contributed by atoms with Gasteiger partial charge in [-0.25, -0.2) is 0 Å². The molecular formula is C19H38N2O2. The quantitative estimate of drug-likeness (QED) is 0.496. The van der Waals surface area contributed by atoms with E-state index in [9.17, 15) is 4.79 Å². The molecule has 4 nitrogen and oxygen atoms in total. The van der Waals surface area contributed by atoms with Crippen LogP contribution >= 0.6 is 0 Å². The highest BCUT2D eigenvalue weighted by Crippen LogP contribution is 2.30. The molecule has 0 radical (unpaired) electrons. The summed E-state index contributed by atoms with van der Waals surface area (Å²) in [4.78, 5) is 14.7. The van der Waals surface area contributed by atoms with Crippen LogP contribution in [0, 0.1) is 5.41 Å². The highest BCUT2D eigenvalue weighted by Gasteiger charge is 2.44. The number of likely N-dealkylation sites (tertiary alicyclic amines) is 1. The summed E-state index contributed by atoms with van der Waals surface area (Å²) in [5, 5.41) is 3.14. The lowest BCUT2D eigenvalue weighted by Gasteiger charge is -2.46. The monoisotopic (exact) mass is 326 g/mol. The van der Waals surface area contributed by atoms with Gasteiger partial charge in [0, 0.05) is 33.4 Å². The number of carbonyl (C=O) groups is 1. The fourth-order valence-corrected chi connectivity index (χ4v) is 3.32. The second-order valence-electron chi connectivity index (χ2n) is 7.35. The zero-order chi connectivity index (χ0) is 17.0. The van der Waals surface area contributed by atoms with Crippen molar-refractivity contribution in [1.29, 1.82) is 0 Å². The second-order valence-corrected chi connectivity index (χ2v) is 7.35. The number of rotatable bonds is 14. The zero-order valence-electron chi connectivity index (χ0n) is 15.7. The number of nitrogens with zero attached hydrogens (tertiary/aromatic N) is 1. The van der Waals surface area contributed by atoms with Crippen molar-refractivity contribution in [2.24, 2.45) is 5.41 Å². The number of ether oxygens (including phenoxy) is 1. The summed E-state index contributed by atoms with van der Waals surface area (Å²) in [6.07, 6.45) is 11.1. The molecule has 1 fully saturated rings. The van der Waals surface area contributed by atoms with E-state index in [0.29, 0.717) is 0 Å². The van der Waals surface area contributed by atoms with Crippen molar-refractivity contribution in [1.82, 2.24) is 10.2 Å². The predicted molar refractivity (Wildman–Crippen MR) is 96.7 cm³/mol. The number of methoxy groups -OCH3 is 1. The van der Waals surface area contributed by atoms with Gasteiger partial charge in [0.15, 0.2) is 0 Å². The third kappa shape index (κ3) is 8.16. The summed E-state index contributed by atoms with van der Waals surface area (Å²) in [6.45, 7) is 9.07. The van der Waals surface area contributed by atoms with E-state index in [1.54, 1.807) is 7.11 Å². The first-order valence-electron chi connectivity index (χ1n) is 9.62. The normalized spacial score (nSPS) is 17.0. The Hall–Kier alpha value is -0.610. The van der Waals surface area contributed by atoms with Gasteiger partial charge in [0.2, 0.25) is 5.91 Å². The maximum Gasteiger partial charge on any atom is 0.228 e.